The van der Waals surface area contributed by atoms with Crippen molar-refractivity contribution < 1.29 is 28.7 Å². The summed E-state index contributed by atoms with van der Waals surface area (Å²) in [6.07, 6.45) is -1.52. The largest absolute Gasteiger partial charge is 0.497 e. The maximum Gasteiger partial charge on any atom is 0.408 e. The van der Waals surface area contributed by atoms with Crippen LogP contribution in [0.4, 0.5) is 10.5 Å². The van der Waals surface area contributed by atoms with Crippen molar-refractivity contribution in [2.24, 2.45) is 5.73 Å². The predicted octanol–water partition coefficient (Wildman–Crippen LogP) is 3.11. The molecule has 0 heterocycles. The second kappa shape index (κ2) is 13.3. The highest BCUT2D eigenvalue weighted by molar-refractivity contribution is 6.00. The Kier molecular flexibility index (Phi) is 10.4. The number of hydrogen-bond donors (Lipinski definition) is 3. The summed E-state index contributed by atoms with van der Waals surface area (Å²) in [7, 11) is 1.52. The van der Waals surface area contributed by atoms with Crippen molar-refractivity contribution in [3.63, 3.8) is 0 Å². The van der Waals surface area contributed by atoms with Crippen LogP contribution < -0.4 is 21.1 Å². The topological polar surface area (TPSA) is 164 Å². The molecule has 2 rings (SSSR count). The molecule has 0 radical (unpaired) electrons. The zero-order valence-corrected chi connectivity index (χ0v) is 23.0. The van der Waals surface area contributed by atoms with E-state index in [9.17, 15) is 24.4 Å². The second-order valence-electron chi connectivity index (χ2n) is 9.97. The minimum atomic E-state index is -1.48. The molecule has 4 N–H and O–H groups in total. The van der Waals surface area contributed by atoms with Crippen molar-refractivity contribution in [1.29, 1.82) is 5.26 Å². The van der Waals surface area contributed by atoms with Crippen LogP contribution in [-0.2, 0) is 19.1 Å². The highest BCUT2D eigenvalue weighted by atomic mass is 16.6. The molecule has 39 heavy (non-hydrogen) atoms. The summed E-state index contributed by atoms with van der Waals surface area (Å²) in [5.74, 6) is -1.74. The van der Waals surface area contributed by atoms with Crippen molar-refractivity contribution in [3.8, 4) is 11.8 Å². The first-order valence-corrected chi connectivity index (χ1v) is 12.2. The van der Waals surface area contributed by atoms with Gasteiger partial charge >= 0.3 is 6.09 Å². The van der Waals surface area contributed by atoms with Crippen molar-refractivity contribution in [3.05, 3.63) is 59.2 Å². The Balaban J connectivity index is 2.55. The molecule has 0 aliphatic rings. The van der Waals surface area contributed by atoms with Crippen molar-refractivity contribution in [2.75, 3.05) is 19.0 Å². The van der Waals surface area contributed by atoms with Gasteiger partial charge in [0.1, 0.15) is 30.0 Å². The molecule has 2 aromatic carbocycles. The van der Waals surface area contributed by atoms with E-state index >= 15 is 0 Å². The van der Waals surface area contributed by atoms with Crippen LogP contribution >= 0.6 is 0 Å². The van der Waals surface area contributed by atoms with E-state index in [0.29, 0.717) is 22.6 Å². The minimum absolute atomic E-state index is 0.431. The molecular weight excluding hydrogens is 502 g/mol. The summed E-state index contributed by atoms with van der Waals surface area (Å²) in [6.45, 7) is 8.07. The van der Waals surface area contributed by atoms with Gasteiger partial charge in [-0.25, -0.2) is 4.79 Å². The van der Waals surface area contributed by atoms with Gasteiger partial charge in [0.2, 0.25) is 11.8 Å². The lowest BCUT2D eigenvalue weighted by Gasteiger charge is -2.33. The third-order valence-corrected chi connectivity index (χ3v) is 5.56. The SMILES string of the molecule is COc1ccc(NC(=O)C(c2ccc(C)cc2C)N(CC#N)C(=O)C(CC(N)=O)NC(=O)OC(C)(C)C)cc1. The number of nitrogens with two attached hydrogens (primary N) is 1. The predicted molar refractivity (Wildman–Crippen MR) is 145 cm³/mol. The van der Waals surface area contributed by atoms with Crippen LogP contribution in [-0.4, -0.2) is 54.0 Å². The van der Waals surface area contributed by atoms with Crippen molar-refractivity contribution in [1.82, 2.24) is 10.2 Å². The zero-order valence-electron chi connectivity index (χ0n) is 23.0. The number of ether oxygens (including phenoxy) is 2. The van der Waals surface area contributed by atoms with Gasteiger partial charge in [-0.15, -0.1) is 0 Å². The molecule has 0 aliphatic carbocycles. The molecule has 11 nitrogen and oxygen atoms in total. The van der Waals surface area contributed by atoms with E-state index in [0.717, 1.165) is 10.5 Å². The molecule has 0 spiro atoms. The summed E-state index contributed by atoms with van der Waals surface area (Å²) < 4.78 is 10.4. The number of alkyl carbamates (subject to hydrolysis) is 1. The Morgan fingerprint density at radius 2 is 1.72 bits per heavy atom. The normalized spacial score (nSPS) is 12.3. The smallest absolute Gasteiger partial charge is 0.408 e. The molecule has 2 atom stereocenters. The molecule has 2 aromatic rings. The highest BCUT2D eigenvalue weighted by Gasteiger charge is 2.37. The van der Waals surface area contributed by atoms with E-state index in [2.05, 4.69) is 10.6 Å². The molecule has 0 aliphatic heterocycles. The number of methoxy groups -OCH3 is 1. The lowest BCUT2D eigenvalue weighted by molar-refractivity contribution is -0.141. The van der Waals surface area contributed by atoms with Crippen molar-refractivity contribution in [2.45, 2.75) is 58.7 Å². The molecule has 4 amide bonds. The first kappa shape index (κ1) is 30.6. The third kappa shape index (κ3) is 9.03. The van der Waals surface area contributed by atoms with Crippen LogP contribution in [0.15, 0.2) is 42.5 Å². The molecule has 2 unspecified atom stereocenters. The summed E-state index contributed by atoms with van der Waals surface area (Å²) in [4.78, 5) is 52.9. The first-order valence-electron chi connectivity index (χ1n) is 12.2. The highest BCUT2D eigenvalue weighted by Crippen LogP contribution is 2.28. The lowest BCUT2D eigenvalue weighted by Crippen LogP contribution is -2.53. The molecule has 0 bridgehead atoms. The minimum Gasteiger partial charge on any atom is -0.497 e. The fraction of sp³-hybridized carbons (Fsp3) is 0.393. The average Bonchev–Trinajstić information content (AvgIpc) is 2.83. The Hall–Kier alpha value is -4.59. The van der Waals surface area contributed by atoms with E-state index in [4.69, 9.17) is 15.2 Å². The number of hydrogen-bond acceptors (Lipinski definition) is 7. The number of primary amides is 1. The third-order valence-electron chi connectivity index (χ3n) is 5.56. The molecule has 0 saturated carbocycles. The molecular formula is C28H35N5O6. The quantitative estimate of drug-likeness (QED) is 0.392. The monoisotopic (exact) mass is 537 g/mol. The van der Waals surface area contributed by atoms with Crippen LogP contribution in [0.2, 0.25) is 0 Å². The van der Waals surface area contributed by atoms with Gasteiger partial charge in [-0.2, -0.15) is 5.26 Å². The maximum atomic E-state index is 13.8. The van der Waals surface area contributed by atoms with Gasteiger partial charge in [-0.05, 0) is 70.0 Å². The van der Waals surface area contributed by atoms with Gasteiger partial charge in [-0.1, -0.05) is 23.8 Å². The fourth-order valence-electron chi connectivity index (χ4n) is 3.89. The number of carbonyl (C=O) groups excluding carboxylic acids is 4. The van der Waals surface area contributed by atoms with Gasteiger partial charge in [0.15, 0.2) is 0 Å². The second-order valence-corrected chi connectivity index (χ2v) is 9.97. The van der Waals surface area contributed by atoms with Crippen LogP contribution in [0.3, 0.4) is 0 Å². The number of anilines is 1. The summed E-state index contributed by atoms with van der Waals surface area (Å²) in [5, 5.41) is 14.8. The number of aryl methyl sites for hydroxylation is 2. The number of carbonyl (C=O) groups is 4. The number of amides is 4. The molecule has 0 saturated heterocycles. The van der Waals surface area contributed by atoms with E-state index in [1.807, 2.05) is 19.1 Å². The molecule has 208 valence electrons. The van der Waals surface area contributed by atoms with E-state index in [-0.39, 0.29) is 0 Å². The Labute approximate surface area is 228 Å². The standard InChI is InChI=1S/C28H35N5O6/c1-17-7-12-21(18(2)15-17)24(25(35)31-19-8-10-20(38-6)11-9-19)33(14-13-29)26(36)22(16-23(30)34)32-27(37)39-28(3,4)5/h7-12,15,22,24H,14,16H2,1-6H3,(H2,30,34)(H,31,35)(H,32,37). The summed E-state index contributed by atoms with van der Waals surface area (Å²) in [6, 6.07) is 11.1. The molecule has 11 heteroatoms. The lowest BCUT2D eigenvalue weighted by atomic mass is 9.96. The Morgan fingerprint density at radius 3 is 2.23 bits per heavy atom. The Bertz CT molecular complexity index is 1250. The number of benzene rings is 2. The van der Waals surface area contributed by atoms with E-state index in [1.54, 1.807) is 64.1 Å². The van der Waals surface area contributed by atoms with Gasteiger partial charge in [-0.3, -0.25) is 14.4 Å². The fourth-order valence-corrected chi connectivity index (χ4v) is 3.89. The van der Waals surface area contributed by atoms with Gasteiger partial charge in [0, 0.05) is 5.69 Å². The van der Waals surface area contributed by atoms with Crippen LogP contribution in [0, 0.1) is 25.2 Å². The van der Waals surface area contributed by atoms with E-state index < -0.39 is 54.5 Å². The van der Waals surface area contributed by atoms with Crippen LogP contribution in [0.1, 0.15) is 49.9 Å². The van der Waals surface area contributed by atoms with Crippen molar-refractivity contribution >= 4 is 29.5 Å². The first-order chi connectivity index (χ1) is 18.2. The van der Waals surface area contributed by atoms with Crippen LogP contribution in [0.5, 0.6) is 5.75 Å². The molecule has 0 fully saturated rings. The zero-order chi connectivity index (χ0) is 29.3. The van der Waals surface area contributed by atoms with Crippen LogP contribution in [0.25, 0.3) is 0 Å². The Morgan fingerprint density at radius 1 is 1.08 bits per heavy atom. The summed E-state index contributed by atoms with van der Waals surface area (Å²) in [5.41, 5.74) is 7.01. The van der Waals surface area contributed by atoms with Gasteiger partial charge in [0.25, 0.3) is 5.91 Å². The average molecular weight is 538 g/mol. The number of nitrogens with zero attached hydrogens (tertiary/aromatic N) is 2. The molecule has 0 aromatic heterocycles. The van der Waals surface area contributed by atoms with Gasteiger partial charge < -0.3 is 30.7 Å². The number of rotatable bonds is 10. The summed E-state index contributed by atoms with van der Waals surface area (Å²) >= 11 is 0. The maximum absolute atomic E-state index is 13.8. The number of nitriles is 1. The van der Waals surface area contributed by atoms with E-state index in [1.165, 1.54) is 7.11 Å². The number of nitrogens with one attached hydrogen (secondary N) is 2. The van der Waals surface area contributed by atoms with Gasteiger partial charge in [0.05, 0.1) is 19.6 Å².